The summed E-state index contributed by atoms with van der Waals surface area (Å²) in [6.07, 6.45) is 3.99. The summed E-state index contributed by atoms with van der Waals surface area (Å²) >= 11 is 0. The molecule has 0 N–H and O–H groups in total. The summed E-state index contributed by atoms with van der Waals surface area (Å²) in [7, 11) is 0. The van der Waals surface area contributed by atoms with Crippen molar-refractivity contribution in [1.29, 1.82) is 0 Å². The minimum atomic E-state index is -0.386. The summed E-state index contributed by atoms with van der Waals surface area (Å²) in [4.78, 5) is 23.3. The van der Waals surface area contributed by atoms with Gasteiger partial charge in [-0.1, -0.05) is 17.3 Å². The first-order valence-electron chi connectivity index (χ1n) is 10.5. The largest absolute Gasteiger partial charge is 0.475 e. The SMILES string of the molecule is CC(C)Oc1ccc(C(=O)N2CCCC(Cc3nc(-c4ccccc4F)no3)C2)cn1. The molecule has 7 nitrogen and oxygen atoms in total. The van der Waals surface area contributed by atoms with Gasteiger partial charge in [0.1, 0.15) is 5.82 Å². The molecule has 1 aromatic carbocycles. The number of hydrogen-bond donors (Lipinski definition) is 0. The van der Waals surface area contributed by atoms with Crippen LogP contribution < -0.4 is 4.74 Å². The van der Waals surface area contributed by atoms with Crippen molar-refractivity contribution in [2.75, 3.05) is 13.1 Å². The Balaban J connectivity index is 1.39. The van der Waals surface area contributed by atoms with Gasteiger partial charge in [0.15, 0.2) is 0 Å². The molecule has 0 aliphatic carbocycles. The van der Waals surface area contributed by atoms with Crippen molar-refractivity contribution in [3.8, 4) is 17.3 Å². The summed E-state index contributed by atoms with van der Waals surface area (Å²) in [5.74, 6) is 0.961. The van der Waals surface area contributed by atoms with Crippen LogP contribution in [0.4, 0.5) is 4.39 Å². The van der Waals surface area contributed by atoms with Crippen LogP contribution in [0.5, 0.6) is 5.88 Å². The van der Waals surface area contributed by atoms with E-state index in [9.17, 15) is 9.18 Å². The van der Waals surface area contributed by atoms with Crippen molar-refractivity contribution in [2.24, 2.45) is 5.92 Å². The zero-order valence-electron chi connectivity index (χ0n) is 17.6. The Labute approximate surface area is 180 Å². The molecular formula is C23H25FN4O3. The third-order valence-electron chi connectivity index (χ3n) is 5.19. The van der Waals surface area contributed by atoms with E-state index >= 15 is 0 Å². The van der Waals surface area contributed by atoms with Gasteiger partial charge in [-0.15, -0.1) is 0 Å². The number of hydrogen-bond acceptors (Lipinski definition) is 6. The standard InChI is InChI=1S/C23H25FN4O3/c1-15(2)30-20-10-9-17(13-25-20)23(29)28-11-5-6-16(14-28)12-21-26-22(27-31-21)18-7-3-4-8-19(18)24/h3-4,7-10,13,15-16H,5-6,11-12,14H2,1-2H3. The highest BCUT2D eigenvalue weighted by Crippen LogP contribution is 2.24. The fraction of sp³-hybridized carbons (Fsp3) is 0.391. The predicted octanol–water partition coefficient (Wildman–Crippen LogP) is 4.15. The highest BCUT2D eigenvalue weighted by atomic mass is 19.1. The number of piperidine rings is 1. The Kier molecular flexibility index (Phi) is 6.25. The molecular weight excluding hydrogens is 399 g/mol. The van der Waals surface area contributed by atoms with Crippen molar-refractivity contribution in [3.05, 3.63) is 59.9 Å². The lowest BCUT2D eigenvalue weighted by atomic mass is 9.94. The van der Waals surface area contributed by atoms with Gasteiger partial charge in [-0.2, -0.15) is 4.98 Å². The maximum absolute atomic E-state index is 14.0. The van der Waals surface area contributed by atoms with E-state index in [4.69, 9.17) is 9.26 Å². The zero-order chi connectivity index (χ0) is 21.8. The van der Waals surface area contributed by atoms with E-state index < -0.39 is 0 Å². The quantitative estimate of drug-likeness (QED) is 0.591. The van der Waals surface area contributed by atoms with Crippen LogP contribution >= 0.6 is 0 Å². The number of nitrogens with zero attached hydrogens (tertiary/aromatic N) is 4. The summed E-state index contributed by atoms with van der Waals surface area (Å²) < 4.78 is 24.8. The Hall–Kier alpha value is -3.29. The number of pyridine rings is 1. The van der Waals surface area contributed by atoms with E-state index in [0.29, 0.717) is 42.4 Å². The van der Waals surface area contributed by atoms with Crippen LogP contribution in [0.2, 0.25) is 0 Å². The number of carbonyl (C=O) groups is 1. The van der Waals surface area contributed by atoms with Gasteiger partial charge in [-0.3, -0.25) is 4.79 Å². The lowest BCUT2D eigenvalue weighted by molar-refractivity contribution is 0.0667. The van der Waals surface area contributed by atoms with Crippen LogP contribution in [0.1, 0.15) is 42.9 Å². The molecule has 8 heteroatoms. The smallest absolute Gasteiger partial charge is 0.255 e. The summed E-state index contributed by atoms with van der Waals surface area (Å²) in [6, 6.07) is 9.80. The molecule has 162 valence electrons. The van der Waals surface area contributed by atoms with Gasteiger partial charge < -0.3 is 14.2 Å². The molecule has 1 aliphatic heterocycles. The average Bonchev–Trinajstić information content (AvgIpc) is 3.22. The van der Waals surface area contributed by atoms with Crippen molar-refractivity contribution in [2.45, 2.75) is 39.2 Å². The molecule has 0 spiro atoms. The van der Waals surface area contributed by atoms with E-state index in [0.717, 1.165) is 12.8 Å². The van der Waals surface area contributed by atoms with Gasteiger partial charge >= 0.3 is 0 Å². The number of carbonyl (C=O) groups excluding carboxylic acids is 1. The number of aromatic nitrogens is 3. The molecule has 1 unspecified atom stereocenters. The van der Waals surface area contributed by atoms with Crippen LogP contribution in [0.25, 0.3) is 11.4 Å². The maximum atomic E-state index is 14.0. The van der Waals surface area contributed by atoms with Crippen molar-refractivity contribution in [3.63, 3.8) is 0 Å². The first-order chi connectivity index (χ1) is 15.0. The van der Waals surface area contributed by atoms with E-state index in [1.807, 2.05) is 18.7 Å². The predicted molar refractivity (Wildman–Crippen MR) is 112 cm³/mol. The van der Waals surface area contributed by atoms with Crippen molar-refractivity contribution < 1.29 is 18.4 Å². The van der Waals surface area contributed by atoms with Gasteiger partial charge in [0, 0.05) is 31.8 Å². The molecule has 1 amide bonds. The number of amides is 1. The van der Waals surface area contributed by atoms with Crippen LogP contribution in [-0.4, -0.2) is 45.1 Å². The lowest BCUT2D eigenvalue weighted by Crippen LogP contribution is -2.40. The monoisotopic (exact) mass is 424 g/mol. The van der Waals surface area contributed by atoms with Gasteiger partial charge in [-0.25, -0.2) is 9.37 Å². The second kappa shape index (κ2) is 9.24. The number of ether oxygens (including phenoxy) is 1. The number of halogens is 1. The van der Waals surface area contributed by atoms with Crippen LogP contribution in [-0.2, 0) is 6.42 Å². The highest BCUT2D eigenvalue weighted by molar-refractivity contribution is 5.94. The molecule has 1 aliphatic rings. The molecule has 3 aromatic rings. The van der Waals surface area contributed by atoms with E-state index in [1.54, 1.807) is 36.5 Å². The molecule has 0 radical (unpaired) electrons. The fourth-order valence-corrected chi connectivity index (χ4v) is 3.75. The second-order valence-electron chi connectivity index (χ2n) is 8.01. The first kappa shape index (κ1) is 21.0. The second-order valence-corrected chi connectivity index (χ2v) is 8.01. The molecule has 0 saturated carbocycles. The summed E-state index contributed by atoms with van der Waals surface area (Å²) in [5.41, 5.74) is 0.853. The van der Waals surface area contributed by atoms with Gasteiger partial charge in [0.2, 0.25) is 17.6 Å². The van der Waals surface area contributed by atoms with E-state index in [2.05, 4.69) is 15.1 Å². The lowest BCUT2D eigenvalue weighted by Gasteiger charge is -2.32. The Bertz CT molecular complexity index is 1040. The topological polar surface area (TPSA) is 81.4 Å². The van der Waals surface area contributed by atoms with Crippen molar-refractivity contribution >= 4 is 5.91 Å². The Morgan fingerprint density at radius 3 is 2.87 bits per heavy atom. The summed E-state index contributed by atoms with van der Waals surface area (Å²) in [6.45, 7) is 5.15. The van der Waals surface area contributed by atoms with Gasteiger partial charge in [-0.05, 0) is 50.8 Å². The normalized spacial score (nSPS) is 16.5. The van der Waals surface area contributed by atoms with Crippen molar-refractivity contribution in [1.82, 2.24) is 20.0 Å². The number of benzene rings is 1. The highest BCUT2D eigenvalue weighted by Gasteiger charge is 2.26. The summed E-state index contributed by atoms with van der Waals surface area (Å²) in [5, 5.41) is 3.92. The third-order valence-corrected chi connectivity index (χ3v) is 5.19. The third kappa shape index (κ3) is 5.07. The minimum absolute atomic E-state index is 0.0282. The van der Waals surface area contributed by atoms with E-state index in [1.165, 1.54) is 6.07 Å². The molecule has 1 atom stereocenters. The fourth-order valence-electron chi connectivity index (χ4n) is 3.75. The molecule has 2 aromatic heterocycles. The van der Waals surface area contributed by atoms with Crippen LogP contribution in [0.15, 0.2) is 47.1 Å². The minimum Gasteiger partial charge on any atom is -0.475 e. The van der Waals surface area contributed by atoms with E-state index in [-0.39, 0.29) is 29.6 Å². The zero-order valence-corrected chi connectivity index (χ0v) is 17.6. The number of likely N-dealkylation sites (tertiary alicyclic amines) is 1. The molecule has 3 heterocycles. The molecule has 1 saturated heterocycles. The Morgan fingerprint density at radius 2 is 2.13 bits per heavy atom. The van der Waals surface area contributed by atoms with Crippen LogP contribution in [0.3, 0.4) is 0 Å². The van der Waals surface area contributed by atoms with Gasteiger partial charge in [0.25, 0.3) is 5.91 Å². The molecule has 1 fully saturated rings. The molecule has 4 rings (SSSR count). The molecule has 31 heavy (non-hydrogen) atoms. The number of rotatable bonds is 6. The maximum Gasteiger partial charge on any atom is 0.255 e. The Morgan fingerprint density at radius 1 is 1.29 bits per heavy atom. The van der Waals surface area contributed by atoms with Gasteiger partial charge in [0.05, 0.1) is 17.2 Å². The average molecular weight is 424 g/mol. The molecule has 0 bridgehead atoms. The van der Waals surface area contributed by atoms with Crippen LogP contribution in [0, 0.1) is 11.7 Å². The first-order valence-corrected chi connectivity index (χ1v) is 10.5.